The van der Waals surface area contributed by atoms with Gasteiger partial charge < -0.3 is 10.1 Å². The van der Waals surface area contributed by atoms with E-state index in [1.807, 2.05) is 0 Å². The molecule has 1 rings (SSSR count). The van der Waals surface area contributed by atoms with Gasteiger partial charge in [0.15, 0.2) is 0 Å². The summed E-state index contributed by atoms with van der Waals surface area (Å²) in [7, 11) is 1.76. The van der Waals surface area contributed by atoms with Crippen LogP contribution in [0.1, 0.15) is 33.1 Å². The van der Waals surface area contributed by atoms with Crippen LogP contribution in [0, 0.1) is 5.92 Å². The summed E-state index contributed by atoms with van der Waals surface area (Å²) in [5.41, 5.74) is 0.355. The molecule has 2 nitrogen and oxygen atoms in total. The second-order valence-electron chi connectivity index (χ2n) is 4.27. The SMILES string of the molecule is COCCCNC(C)(C)C1CC1. The van der Waals surface area contributed by atoms with Crippen molar-refractivity contribution in [1.29, 1.82) is 0 Å². The molecule has 0 aliphatic heterocycles. The minimum atomic E-state index is 0.355. The molecule has 0 aromatic heterocycles. The van der Waals surface area contributed by atoms with Crippen LogP contribution in [0.3, 0.4) is 0 Å². The molecule has 0 atom stereocenters. The quantitative estimate of drug-likeness (QED) is 0.615. The van der Waals surface area contributed by atoms with Crippen LogP contribution in [0.2, 0.25) is 0 Å². The maximum Gasteiger partial charge on any atom is 0.0474 e. The van der Waals surface area contributed by atoms with Crippen LogP contribution in [0.5, 0.6) is 0 Å². The van der Waals surface area contributed by atoms with Crippen molar-refractivity contribution in [3.8, 4) is 0 Å². The number of ether oxygens (including phenoxy) is 1. The zero-order chi connectivity index (χ0) is 9.03. The third kappa shape index (κ3) is 3.11. The van der Waals surface area contributed by atoms with Gasteiger partial charge in [-0.2, -0.15) is 0 Å². The van der Waals surface area contributed by atoms with Crippen molar-refractivity contribution in [3.63, 3.8) is 0 Å². The summed E-state index contributed by atoms with van der Waals surface area (Å²) in [6.07, 6.45) is 3.93. The predicted molar refractivity (Wildman–Crippen MR) is 51.3 cm³/mol. The first kappa shape index (κ1) is 10.0. The number of methoxy groups -OCH3 is 1. The first-order chi connectivity index (χ1) is 5.67. The summed E-state index contributed by atoms with van der Waals surface area (Å²) in [6, 6.07) is 0. The second kappa shape index (κ2) is 4.24. The molecule has 1 aliphatic carbocycles. The van der Waals surface area contributed by atoms with E-state index in [9.17, 15) is 0 Å². The Kier molecular flexibility index (Phi) is 3.53. The van der Waals surface area contributed by atoms with Gasteiger partial charge in [0, 0.05) is 19.3 Å². The van der Waals surface area contributed by atoms with Crippen LogP contribution < -0.4 is 5.32 Å². The Hall–Kier alpha value is -0.0800. The minimum absolute atomic E-state index is 0.355. The molecule has 0 spiro atoms. The highest BCUT2D eigenvalue weighted by Gasteiger charge is 2.36. The predicted octanol–water partition coefficient (Wildman–Crippen LogP) is 1.80. The molecular weight excluding hydrogens is 150 g/mol. The fourth-order valence-corrected chi connectivity index (χ4v) is 1.58. The summed E-state index contributed by atoms with van der Waals surface area (Å²) in [5.74, 6) is 0.917. The molecule has 1 N–H and O–H groups in total. The van der Waals surface area contributed by atoms with E-state index >= 15 is 0 Å². The van der Waals surface area contributed by atoms with Crippen molar-refractivity contribution in [2.24, 2.45) is 5.92 Å². The Labute approximate surface area is 75.7 Å². The second-order valence-corrected chi connectivity index (χ2v) is 4.27. The minimum Gasteiger partial charge on any atom is -0.385 e. The molecule has 72 valence electrons. The number of nitrogens with one attached hydrogen (secondary N) is 1. The third-order valence-corrected chi connectivity index (χ3v) is 2.70. The lowest BCUT2D eigenvalue weighted by molar-refractivity contribution is 0.189. The first-order valence-corrected chi connectivity index (χ1v) is 4.91. The molecule has 0 radical (unpaired) electrons. The highest BCUT2D eigenvalue weighted by molar-refractivity contribution is 4.94. The molecule has 0 aromatic rings. The number of hydrogen-bond acceptors (Lipinski definition) is 2. The molecule has 1 aliphatic rings. The molecule has 0 unspecified atom stereocenters. The fraction of sp³-hybridized carbons (Fsp3) is 1.00. The number of rotatable bonds is 6. The van der Waals surface area contributed by atoms with E-state index in [1.165, 1.54) is 12.8 Å². The lowest BCUT2D eigenvalue weighted by Crippen LogP contribution is -2.42. The van der Waals surface area contributed by atoms with Gasteiger partial charge in [-0.25, -0.2) is 0 Å². The van der Waals surface area contributed by atoms with Gasteiger partial charge >= 0.3 is 0 Å². The van der Waals surface area contributed by atoms with E-state index < -0.39 is 0 Å². The van der Waals surface area contributed by atoms with Gasteiger partial charge in [-0.1, -0.05) is 0 Å². The van der Waals surface area contributed by atoms with Crippen molar-refractivity contribution in [1.82, 2.24) is 5.32 Å². The maximum absolute atomic E-state index is 4.99. The van der Waals surface area contributed by atoms with E-state index in [1.54, 1.807) is 7.11 Å². The highest BCUT2D eigenvalue weighted by atomic mass is 16.5. The Morgan fingerprint density at radius 3 is 2.58 bits per heavy atom. The zero-order valence-corrected chi connectivity index (χ0v) is 8.52. The Bertz CT molecular complexity index is 130. The first-order valence-electron chi connectivity index (χ1n) is 4.91. The van der Waals surface area contributed by atoms with Crippen molar-refractivity contribution >= 4 is 0 Å². The van der Waals surface area contributed by atoms with Crippen molar-refractivity contribution in [2.75, 3.05) is 20.3 Å². The number of hydrogen-bond donors (Lipinski definition) is 1. The van der Waals surface area contributed by atoms with E-state index in [2.05, 4.69) is 19.2 Å². The monoisotopic (exact) mass is 171 g/mol. The molecule has 0 aromatic carbocycles. The van der Waals surface area contributed by atoms with E-state index in [-0.39, 0.29) is 0 Å². The smallest absolute Gasteiger partial charge is 0.0474 e. The molecule has 2 heteroatoms. The van der Waals surface area contributed by atoms with Crippen molar-refractivity contribution in [2.45, 2.75) is 38.6 Å². The van der Waals surface area contributed by atoms with Crippen LogP contribution >= 0.6 is 0 Å². The molecular formula is C10H21NO. The van der Waals surface area contributed by atoms with Gasteiger partial charge in [0.05, 0.1) is 0 Å². The standard InChI is InChI=1S/C10H21NO/c1-10(2,9-5-6-9)11-7-4-8-12-3/h9,11H,4-8H2,1-3H3. The molecule has 0 bridgehead atoms. The van der Waals surface area contributed by atoms with Crippen molar-refractivity contribution in [3.05, 3.63) is 0 Å². The molecule has 1 fully saturated rings. The van der Waals surface area contributed by atoms with Gasteiger partial charge in [0.2, 0.25) is 0 Å². The molecule has 1 saturated carbocycles. The van der Waals surface area contributed by atoms with Gasteiger partial charge in [-0.15, -0.1) is 0 Å². The van der Waals surface area contributed by atoms with Gasteiger partial charge in [-0.3, -0.25) is 0 Å². The largest absolute Gasteiger partial charge is 0.385 e. The highest BCUT2D eigenvalue weighted by Crippen LogP contribution is 2.38. The molecule has 0 saturated heterocycles. The van der Waals surface area contributed by atoms with E-state index in [4.69, 9.17) is 4.74 Å². The third-order valence-electron chi connectivity index (χ3n) is 2.70. The van der Waals surface area contributed by atoms with Crippen LogP contribution in [0.25, 0.3) is 0 Å². The summed E-state index contributed by atoms with van der Waals surface area (Å²) < 4.78 is 4.99. The average molecular weight is 171 g/mol. The van der Waals surface area contributed by atoms with Crippen LogP contribution in [0.4, 0.5) is 0 Å². The van der Waals surface area contributed by atoms with E-state index in [0.29, 0.717) is 5.54 Å². The molecule has 12 heavy (non-hydrogen) atoms. The average Bonchev–Trinajstić information content (AvgIpc) is 2.80. The van der Waals surface area contributed by atoms with Crippen LogP contribution in [-0.2, 0) is 4.74 Å². The Balaban J connectivity index is 2.04. The normalized spacial score (nSPS) is 18.2. The Morgan fingerprint density at radius 2 is 2.08 bits per heavy atom. The van der Waals surface area contributed by atoms with E-state index in [0.717, 1.165) is 25.5 Å². The zero-order valence-electron chi connectivity index (χ0n) is 8.52. The van der Waals surface area contributed by atoms with Crippen LogP contribution in [-0.4, -0.2) is 25.8 Å². The summed E-state index contributed by atoms with van der Waals surface area (Å²) in [4.78, 5) is 0. The lowest BCUT2D eigenvalue weighted by atomic mass is 9.99. The lowest BCUT2D eigenvalue weighted by Gasteiger charge is -2.26. The van der Waals surface area contributed by atoms with Gasteiger partial charge in [0.1, 0.15) is 0 Å². The fourth-order valence-electron chi connectivity index (χ4n) is 1.58. The summed E-state index contributed by atoms with van der Waals surface area (Å²) in [6.45, 7) is 6.56. The topological polar surface area (TPSA) is 21.3 Å². The molecule has 0 heterocycles. The van der Waals surface area contributed by atoms with Gasteiger partial charge in [0.25, 0.3) is 0 Å². The van der Waals surface area contributed by atoms with Crippen molar-refractivity contribution < 1.29 is 4.74 Å². The maximum atomic E-state index is 4.99. The summed E-state index contributed by atoms with van der Waals surface area (Å²) in [5, 5.41) is 3.58. The van der Waals surface area contributed by atoms with Gasteiger partial charge in [-0.05, 0) is 45.6 Å². The molecule has 0 amide bonds. The van der Waals surface area contributed by atoms with Crippen LogP contribution in [0.15, 0.2) is 0 Å². The Morgan fingerprint density at radius 1 is 1.42 bits per heavy atom. The summed E-state index contributed by atoms with van der Waals surface area (Å²) >= 11 is 0.